The highest BCUT2D eigenvalue weighted by molar-refractivity contribution is 6.03. The molecule has 0 unspecified atom stereocenters. The first kappa shape index (κ1) is 16.2. The van der Waals surface area contributed by atoms with Crippen LogP contribution in [0.2, 0.25) is 0 Å². The molecular formula is C20H20N4O2. The first-order valence-electron chi connectivity index (χ1n) is 8.72. The first-order valence-corrected chi connectivity index (χ1v) is 8.22. The smallest absolute Gasteiger partial charge is 0.267 e. The molecule has 26 heavy (non-hydrogen) atoms. The molecule has 0 aliphatic rings. The van der Waals surface area contributed by atoms with E-state index in [1.54, 1.807) is 18.3 Å². The predicted octanol–water partition coefficient (Wildman–Crippen LogP) is 3.32. The summed E-state index contributed by atoms with van der Waals surface area (Å²) in [5, 5.41) is 10.3. The fourth-order valence-electron chi connectivity index (χ4n) is 3.33. The molecule has 0 aliphatic carbocycles. The van der Waals surface area contributed by atoms with Gasteiger partial charge in [0.15, 0.2) is 0 Å². The van der Waals surface area contributed by atoms with Crippen LogP contribution < -0.4 is 10.5 Å². The lowest BCUT2D eigenvalue weighted by Crippen LogP contribution is -2.14. The van der Waals surface area contributed by atoms with Gasteiger partial charge in [0, 0.05) is 18.1 Å². The molecule has 0 bridgehead atoms. The van der Waals surface area contributed by atoms with E-state index in [2.05, 4.69) is 11.1 Å². The number of ether oxygens (including phenoxy) is 1. The summed E-state index contributed by atoms with van der Waals surface area (Å²) < 4.78 is 15.4. The van der Waals surface area contributed by atoms with E-state index in [1.165, 1.54) is 7.11 Å². The van der Waals surface area contributed by atoms with Crippen LogP contribution in [-0.2, 0) is 6.54 Å². The number of pyridine rings is 1. The van der Waals surface area contributed by atoms with Gasteiger partial charge in [-0.15, -0.1) is 0 Å². The Balaban J connectivity index is 2.54. The van der Waals surface area contributed by atoms with E-state index in [4.69, 9.17) is 11.8 Å². The molecule has 0 fully saturated rings. The van der Waals surface area contributed by atoms with Crippen molar-refractivity contribution in [1.29, 1.82) is 5.26 Å². The topological polar surface area (TPSA) is 93.9 Å². The molecule has 6 heteroatoms. The highest BCUT2D eigenvalue weighted by Crippen LogP contribution is 2.38. The van der Waals surface area contributed by atoms with Gasteiger partial charge in [0.1, 0.15) is 23.2 Å². The number of carbonyl (C=O) groups excluding carboxylic acids is 1. The molecule has 1 aromatic carbocycles. The molecule has 2 heterocycles. The zero-order valence-electron chi connectivity index (χ0n) is 16.2. The quantitative estimate of drug-likeness (QED) is 0.782. The van der Waals surface area contributed by atoms with Gasteiger partial charge in [0.2, 0.25) is 0 Å². The molecule has 0 atom stereocenters. The molecule has 2 aromatic heterocycles. The molecule has 0 radical (unpaired) electrons. The fourth-order valence-corrected chi connectivity index (χ4v) is 3.33. The Labute approximate surface area is 153 Å². The number of primary amides is 1. The van der Waals surface area contributed by atoms with Gasteiger partial charge in [-0.25, -0.2) is 4.98 Å². The maximum atomic E-state index is 11.9. The molecule has 0 spiro atoms. The summed E-state index contributed by atoms with van der Waals surface area (Å²) in [5.41, 5.74) is 9.74. The van der Waals surface area contributed by atoms with Gasteiger partial charge in [0.05, 0.1) is 14.0 Å². The Hall–Kier alpha value is -3.33. The van der Waals surface area contributed by atoms with Crippen LogP contribution in [0.4, 0.5) is 0 Å². The summed E-state index contributed by atoms with van der Waals surface area (Å²) in [4.78, 5) is 16.3. The lowest BCUT2D eigenvalue weighted by atomic mass is 9.92. The number of amides is 1. The van der Waals surface area contributed by atoms with Crippen LogP contribution in [0.5, 0.6) is 5.75 Å². The normalized spacial score (nSPS) is 11.3. The second-order valence-electron chi connectivity index (χ2n) is 6.06. The summed E-state index contributed by atoms with van der Waals surface area (Å²) >= 11 is 0. The highest BCUT2D eigenvalue weighted by atomic mass is 16.5. The van der Waals surface area contributed by atoms with Crippen molar-refractivity contribution < 1.29 is 10.9 Å². The Kier molecular flexibility index (Phi) is 4.05. The molecule has 132 valence electrons. The second-order valence-corrected chi connectivity index (χ2v) is 6.06. The van der Waals surface area contributed by atoms with Crippen LogP contribution in [0.25, 0.3) is 22.2 Å². The van der Waals surface area contributed by atoms with Gasteiger partial charge >= 0.3 is 0 Å². The largest absolute Gasteiger partial charge is 0.496 e. The predicted molar refractivity (Wildman–Crippen MR) is 100 cm³/mol. The van der Waals surface area contributed by atoms with E-state index in [-0.39, 0.29) is 11.7 Å². The van der Waals surface area contributed by atoms with Crippen molar-refractivity contribution >= 4 is 16.9 Å². The number of hydrogen-bond acceptors (Lipinski definition) is 4. The molecular weight excluding hydrogens is 328 g/mol. The number of rotatable bonds is 4. The molecule has 1 amide bonds. The monoisotopic (exact) mass is 349 g/mol. The number of aryl methyl sites for hydroxylation is 2. The van der Waals surface area contributed by atoms with Crippen molar-refractivity contribution in [2.24, 2.45) is 5.73 Å². The van der Waals surface area contributed by atoms with Crippen molar-refractivity contribution in [3.63, 3.8) is 0 Å². The molecule has 3 aromatic rings. The summed E-state index contributed by atoms with van der Waals surface area (Å²) in [7, 11) is 1.52. The van der Waals surface area contributed by atoms with Gasteiger partial charge in [-0.3, -0.25) is 4.79 Å². The number of benzene rings is 1. The minimum absolute atomic E-state index is 0.127. The lowest BCUT2D eigenvalue weighted by molar-refractivity contribution is 0.0996. The summed E-state index contributed by atoms with van der Waals surface area (Å²) in [6, 6.07) is 5.82. The zero-order chi connectivity index (χ0) is 19.9. The number of hydrogen-bond donors (Lipinski definition) is 1. The van der Waals surface area contributed by atoms with Gasteiger partial charge in [0.25, 0.3) is 5.91 Å². The molecule has 3 rings (SSSR count). The zero-order valence-corrected chi connectivity index (χ0v) is 15.2. The number of nitriles is 1. The van der Waals surface area contributed by atoms with E-state index in [0.717, 1.165) is 16.7 Å². The first-order chi connectivity index (χ1) is 12.8. The summed E-state index contributed by atoms with van der Waals surface area (Å²) in [6.45, 7) is 6.28. The number of nitrogens with zero attached hydrogens (tertiary/aromatic N) is 3. The third kappa shape index (κ3) is 2.58. The minimum Gasteiger partial charge on any atom is -0.496 e. The molecule has 6 nitrogen and oxygen atoms in total. The van der Waals surface area contributed by atoms with Crippen LogP contribution in [-0.4, -0.2) is 22.6 Å². The standard InChI is InChI=1S/C20H20N4O2/c1-5-24-10-13(9-21)18-14(8-15(19(22)25)23-20(18)24)17-11(2)6-7-16(26-4)12(17)3/h6-8,10H,5H2,1-4H3,(H2,22,25)/i7D. The van der Waals surface area contributed by atoms with Gasteiger partial charge in [-0.1, -0.05) is 6.07 Å². The average molecular weight is 349 g/mol. The SMILES string of the molecule is [2H]c1cc(C)c(-c2cc(C(N)=O)nc3c2c(C#N)cn3CC)c(C)c1OC. The molecule has 0 aliphatic heterocycles. The average Bonchev–Trinajstić information content (AvgIpc) is 2.99. The summed E-state index contributed by atoms with van der Waals surface area (Å²) in [6.07, 6.45) is 1.73. The maximum absolute atomic E-state index is 11.9. The fraction of sp³-hybridized carbons (Fsp3) is 0.250. The summed E-state index contributed by atoms with van der Waals surface area (Å²) in [5.74, 6) is -0.186. The van der Waals surface area contributed by atoms with E-state index >= 15 is 0 Å². The van der Waals surface area contributed by atoms with Crippen molar-refractivity contribution in [2.75, 3.05) is 7.11 Å². The molecule has 2 N–H and O–H groups in total. The Bertz CT molecular complexity index is 1130. The minimum atomic E-state index is -0.639. The van der Waals surface area contributed by atoms with E-state index in [0.29, 0.717) is 34.5 Å². The Morgan fingerprint density at radius 1 is 1.50 bits per heavy atom. The number of aromatic nitrogens is 2. The van der Waals surface area contributed by atoms with Crippen LogP contribution >= 0.6 is 0 Å². The van der Waals surface area contributed by atoms with Crippen LogP contribution in [0.15, 0.2) is 24.4 Å². The van der Waals surface area contributed by atoms with E-state index < -0.39 is 5.91 Å². The van der Waals surface area contributed by atoms with Gasteiger partial charge < -0.3 is 15.0 Å². The number of methoxy groups -OCH3 is 1. The number of fused-ring (bicyclic) bond motifs is 1. The van der Waals surface area contributed by atoms with Crippen LogP contribution in [0.1, 0.15) is 35.5 Å². The van der Waals surface area contributed by atoms with E-state index in [9.17, 15) is 10.1 Å². The van der Waals surface area contributed by atoms with Crippen LogP contribution in [0.3, 0.4) is 0 Å². The Morgan fingerprint density at radius 3 is 2.81 bits per heavy atom. The number of nitrogens with two attached hydrogens (primary N) is 1. The second kappa shape index (κ2) is 6.52. The lowest BCUT2D eigenvalue weighted by Gasteiger charge is -2.16. The Morgan fingerprint density at radius 2 is 2.23 bits per heavy atom. The van der Waals surface area contributed by atoms with Crippen molar-refractivity contribution in [1.82, 2.24) is 9.55 Å². The van der Waals surface area contributed by atoms with Gasteiger partial charge in [-0.05, 0) is 55.1 Å². The van der Waals surface area contributed by atoms with E-state index in [1.807, 2.05) is 25.3 Å². The van der Waals surface area contributed by atoms with Crippen LogP contribution in [0, 0.1) is 25.2 Å². The number of carbonyl (C=O) groups is 1. The third-order valence-corrected chi connectivity index (χ3v) is 4.54. The van der Waals surface area contributed by atoms with Crippen molar-refractivity contribution in [3.8, 4) is 22.9 Å². The maximum Gasteiger partial charge on any atom is 0.267 e. The van der Waals surface area contributed by atoms with Crippen molar-refractivity contribution in [3.05, 3.63) is 46.8 Å². The molecule has 0 saturated carbocycles. The highest BCUT2D eigenvalue weighted by Gasteiger charge is 2.21. The van der Waals surface area contributed by atoms with Gasteiger partial charge in [-0.2, -0.15) is 5.26 Å². The third-order valence-electron chi connectivity index (χ3n) is 4.54. The van der Waals surface area contributed by atoms with Crippen molar-refractivity contribution in [2.45, 2.75) is 27.3 Å². The molecule has 0 saturated heterocycles.